The number of carboxylic acid groups (broad SMARTS) is 1. The van der Waals surface area contributed by atoms with Crippen LogP contribution in [0.2, 0.25) is 0 Å². The van der Waals surface area contributed by atoms with Crippen LogP contribution >= 0.6 is 0 Å². The lowest BCUT2D eigenvalue weighted by Gasteiger charge is -1.90. The minimum atomic E-state index is -3.69. The van der Waals surface area contributed by atoms with E-state index in [0.29, 0.717) is 0 Å². The zero-order valence-electron chi connectivity index (χ0n) is 4.94. The molecule has 56 valence electrons. The Morgan fingerprint density at radius 2 is 2.10 bits per heavy atom. The fourth-order valence-corrected chi connectivity index (χ4v) is 1.01. The van der Waals surface area contributed by atoms with Gasteiger partial charge >= 0.3 is 5.97 Å². The summed E-state index contributed by atoms with van der Waals surface area (Å²) in [6, 6.07) is 1.36. The number of aliphatic carboxylic acids is 1. The molecular weight excluding hydrogens is 158 g/mol. The summed E-state index contributed by atoms with van der Waals surface area (Å²) in [6.07, 6.45) is 0. The van der Waals surface area contributed by atoms with E-state index in [1.807, 2.05) is 0 Å². The number of nitriles is 1. The first-order valence-electron chi connectivity index (χ1n) is 2.27. The van der Waals surface area contributed by atoms with Crippen molar-refractivity contribution in [3.05, 3.63) is 0 Å². The molecule has 0 saturated carbocycles. The highest BCUT2D eigenvalue weighted by molar-refractivity contribution is 7.92. The molecule has 0 aliphatic carbocycles. The molecule has 0 unspecified atom stereocenters. The fraction of sp³-hybridized carbons (Fsp3) is 0.500. The van der Waals surface area contributed by atoms with Gasteiger partial charge in [0, 0.05) is 0 Å². The van der Waals surface area contributed by atoms with E-state index in [-0.39, 0.29) is 0 Å². The molecule has 0 aliphatic heterocycles. The molecule has 0 saturated heterocycles. The quantitative estimate of drug-likeness (QED) is 0.576. The van der Waals surface area contributed by atoms with Gasteiger partial charge in [-0.15, -0.1) is 0 Å². The van der Waals surface area contributed by atoms with Gasteiger partial charge in [-0.3, -0.25) is 4.79 Å². The smallest absolute Gasteiger partial charge is 0.318 e. The molecule has 0 spiro atoms. The zero-order chi connectivity index (χ0) is 8.20. The molecule has 0 bridgehead atoms. The lowest BCUT2D eigenvalue weighted by molar-refractivity contribution is -0.134. The number of carbonyl (C=O) groups is 1. The lowest BCUT2D eigenvalue weighted by Crippen LogP contribution is -2.17. The van der Waals surface area contributed by atoms with Crippen LogP contribution in [0.1, 0.15) is 0 Å². The Hall–Kier alpha value is -1.09. The van der Waals surface area contributed by atoms with Gasteiger partial charge in [0.05, 0.1) is 6.07 Å². The van der Waals surface area contributed by atoms with E-state index in [9.17, 15) is 13.2 Å². The highest BCUT2D eigenvalue weighted by Crippen LogP contribution is 1.87. The largest absolute Gasteiger partial charge is 0.480 e. The summed E-state index contributed by atoms with van der Waals surface area (Å²) in [5.41, 5.74) is 0. The van der Waals surface area contributed by atoms with E-state index in [2.05, 4.69) is 0 Å². The molecule has 0 aliphatic rings. The molecule has 10 heavy (non-hydrogen) atoms. The first-order chi connectivity index (χ1) is 4.48. The first-order valence-corrected chi connectivity index (χ1v) is 4.09. The molecule has 0 aromatic rings. The van der Waals surface area contributed by atoms with Crippen molar-refractivity contribution in [2.24, 2.45) is 0 Å². The minimum absolute atomic E-state index is 0.737. The predicted molar refractivity (Wildman–Crippen MR) is 31.9 cm³/mol. The van der Waals surface area contributed by atoms with Crippen molar-refractivity contribution in [1.29, 1.82) is 5.26 Å². The SMILES string of the molecule is N#CCS(=O)(=O)CC(=O)O. The van der Waals surface area contributed by atoms with Gasteiger partial charge in [-0.2, -0.15) is 5.26 Å². The second kappa shape index (κ2) is 3.17. The highest BCUT2D eigenvalue weighted by Gasteiger charge is 2.14. The maximum atomic E-state index is 10.4. The van der Waals surface area contributed by atoms with Gasteiger partial charge in [0.15, 0.2) is 9.84 Å². The van der Waals surface area contributed by atoms with Crippen molar-refractivity contribution in [3.63, 3.8) is 0 Å². The van der Waals surface area contributed by atoms with E-state index >= 15 is 0 Å². The number of carboxylic acids is 1. The highest BCUT2D eigenvalue weighted by atomic mass is 32.2. The summed E-state index contributed by atoms with van der Waals surface area (Å²) in [5, 5.41) is 15.9. The van der Waals surface area contributed by atoms with Crippen molar-refractivity contribution in [1.82, 2.24) is 0 Å². The van der Waals surface area contributed by atoms with Gasteiger partial charge < -0.3 is 5.11 Å². The molecule has 5 nitrogen and oxygen atoms in total. The molecule has 0 rings (SSSR count). The van der Waals surface area contributed by atoms with Crippen LogP contribution in [0.5, 0.6) is 0 Å². The number of rotatable bonds is 3. The summed E-state index contributed by atoms with van der Waals surface area (Å²) in [4.78, 5) is 9.80. The Morgan fingerprint density at radius 3 is 2.40 bits per heavy atom. The van der Waals surface area contributed by atoms with Crippen molar-refractivity contribution in [3.8, 4) is 6.07 Å². The van der Waals surface area contributed by atoms with Crippen LogP contribution in [0, 0.1) is 11.3 Å². The van der Waals surface area contributed by atoms with E-state index in [0.717, 1.165) is 0 Å². The maximum Gasteiger partial charge on any atom is 0.318 e. The zero-order valence-corrected chi connectivity index (χ0v) is 5.76. The Kier molecular flexibility index (Phi) is 2.83. The van der Waals surface area contributed by atoms with E-state index in [1.165, 1.54) is 6.07 Å². The summed E-state index contributed by atoms with van der Waals surface area (Å²) in [5.74, 6) is -3.14. The predicted octanol–water partition coefficient (Wildman–Crippen LogP) is -0.991. The van der Waals surface area contributed by atoms with Gasteiger partial charge in [0.25, 0.3) is 0 Å². The minimum Gasteiger partial charge on any atom is -0.480 e. The van der Waals surface area contributed by atoms with Crippen molar-refractivity contribution in [2.75, 3.05) is 11.5 Å². The van der Waals surface area contributed by atoms with Crippen LogP contribution in [0.15, 0.2) is 0 Å². The topological polar surface area (TPSA) is 95.2 Å². The van der Waals surface area contributed by atoms with Crippen LogP contribution in [-0.4, -0.2) is 31.0 Å². The van der Waals surface area contributed by atoms with Gasteiger partial charge in [-0.05, 0) is 0 Å². The number of hydrogen-bond donors (Lipinski definition) is 1. The number of sulfone groups is 1. The third kappa shape index (κ3) is 3.86. The summed E-state index contributed by atoms with van der Waals surface area (Å²) in [6.45, 7) is 0. The monoisotopic (exact) mass is 163 g/mol. The summed E-state index contributed by atoms with van der Waals surface area (Å²) in [7, 11) is -3.69. The van der Waals surface area contributed by atoms with Gasteiger partial charge in [-0.1, -0.05) is 0 Å². The molecule has 0 amide bonds. The number of nitrogens with zero attached hydrogens (tertiary/aromatic N) is 1. The summed E-state index contributed by atoms with van der Waals surface area (Å²) < 4.78 is 20.9. The Balaban J connectivity index is 4.19. The third-order valence-corrected chi connectivity index (χ3v) is 1.88. The van der Waals surface area contributed by atoms with Crippen LogP contribution < -0.4 is 0 Å². The molecule has 0 heterocycles. The Morgan fingerprint density at radius 1 is 1.60 bits per heavy atom. The Bertz CT molecular complexity index is 259. The molecule has 0 atom stereocenters. The number of hydrogen-bond acceptors (Lipinski definition) is 4. The lowest BCUT2D eigenvalue weighted by atomic mass is 10.8. The van der Waals surface area contributed by atoms with Crippen molar-refractivity contribution >= 4 is 15.8 Å². The third-order valence-electron chi connectivity index (χ3n) is 0.628. The van der Waals surface area contributed by atoms with Crippen molar-refractivity contribution < 1.29 is 18.3 Å². The van der Waals surface area contributed by atoms with Gasteiger partial charge in [0.1, 0.15) is 11.5 Å². The van der Waals surface area contributed by atoms with Crippen LogP contribution in [0.4, 0.5) is 0 Å². The van der Waals surface area contributed by atoms with Crippen LogP contribution in [0.25, 0.3) is 0 Å². The maximum absolute atomic E-state index is 10.4. The van der Waals surface area contributed by atoms with E-state index in [1.54, 1.807) is 0 Å². The van der Waals surface area contributed by atoms with Gasteiger partial charge in [0.2, 0.25) is 0 Å². The van der Waals surface area contributed by atoms with E-state index in [4.69, 9.17) is 10.4 Å². The van der Waals surface area contributed by atoms with Gasteiger partial charge in [-0.25, -0.2) is 8.42 Å². The molecule has 6 heteroatoms. The second-order valence-corrected chi connectivity index (χ2v) is 3.65. The van der Waals surface area contributed by atoms with Crippen molar-refractivity contribution in [2.45, 2.75) is 0 Å². The van der Waals surface area contributed by atoms with E-state index < -0.39 is 27.3 Å². The molecule has 0 aromatic carbocycles. The molecule has 0 radical (unpaired) electrons. The Labute approximate surface area is 57.8 Å². The molecule has 1 N–H and O–H groups in total. The van der Waals surface area contributed by atoms with Crippen LogP contribution in [0.3, 0.4) is 0 Å². The first kappa shape index (κ1) is 8.91. The molecule has 0 fully saturated rings. The fourth-order valence-electron chi connectivity index (χ4n) is 0.338. The second-order valence-electron chi connectivity index (χ2n) is 1.58. The average molecular weight is 163 g/mol. The van der Waals surface area contributed by atoms with Crippen LogP contribution in [-0.2, 0) is 14.6 Å². The average Bonchev–Trinajstić information content (AvgIpc) is 1.59. The summed E-state index contributed by atoms with van der Waals surface area (Å²) >= 11 is 0. The molecule has 0 aromatic heterocycles. The standard InChI is InChI=1S/C4H5NO4S/c5-1-2-10(8,9)3-4(6)7/h2-3H2,(H,6,7). The normalized spacial score (nSPS) is 10.3. The molecular formula is C4H5NO4S.